The van der Waals surface area contributed by atoms with Crippen LogP contribution in [0.1, 0.15) is 22.3 Å². The molecule has 1 fully saturated rings. The van der Waals surface area contributed by atoms with Crippen LogP contribution in [0, 0.1) is 0 Å². The number of rotatable bonds is 9. The molecule has 12 heteroatoms. The van der Waals surface area contributed by atoms with E-state index in [-0.39, 0.29) is 34.3 Å². The van der Waals surface area contributed by atoms with Crippen LogP contribution in [0.2, 0.25) is 0 Å². The van der Waals surface area contributed by atoms with Crippen molar-refractivity contribution in [3.8, 4) is 5.75 Å². The number of esters is 1. The van der Waals surface area contributed by atoms with Crippen molar-refractivity contribution in [1.29, 1.82) is 0 Å². The number of ether oxygens (including phenoxy) is 2. The van der Waals surface area contributed by atoms with Crippen molar-refractivity contribution < 1.29 is 35.9 Å². The van der Waals surface area contributed by atoms with Gasteiger partial charge in [0.1, 0.15) is 10.6 Å². The van der Waals surface area contributed by atoms with Gasteiger partial charge in [0.15, 0.2) is 16.4 Å². The van der Waals surface area contributed by atoms with Crippen LogP contribution in [0.3, 0.4) is 0 Å². The van der Waals surface area contributed by atoms with Gasteiger partial charge in [-0.25, -0.2) is 21.6 Å². The highest BCUT2D eigenvalue weighted by Gasteiger charge is 2.30. The second kappa shape index (κ2) is 10.5. The summed E-state index contributed by atoms with van der Waals surface area (Å²) in [5.74, 6) is -1.64. The largest absolute Gasteiger partial charge is 0.495 e. The second-order valence-corrected chi connectivity index (χ2v) is 12.1. The number of hydrogen-bond donors (Lipinski definition) is 1. The molecule has 2 aromatic rings. The van der Waals surface area contributed by atoms with E-state index in [4.69, 9.17) is 9.47 Å². The van der Waals surface area contributed by atoms with Gasteiger partial charge in [0.25, 0.3) is 5.91 Å². The van der Waals surface area contributed by atoms with Gasteiger partial charge in [-0.2, -0.15) is 4.31 Å². The van der Waals surface area contributed by atoms with Gasteiger partial charge in [-0.15, -0.1) is 0 Å². The Morgan fingerprint density at radius 2 is 1.85 bits per heavy atom. The van der Waals surface area contributed by atoms with Crippen LogP contribution in [-0.2, 0) is 35.9 Å². The molecule has 1 amide bonds. The molecule has 1 N–H and O–H groups in total. The molecule has 1 aliphatic rings. The van der Waals surface area contributed by atoms with Gasteiger partial charge < -0.3 is 14.8 Å². The Kier molecular flexibility index (Phi) is 7.95. The Balaban J connectivity index is 1.70. The number of benzene rings is 2. The molecule has 3 rings (SSSR count). The van der Waals surface area contributed by atoms with Crippen molar-refractivity contribution in [2.24, 2.45) is 0 Å². The fraction of sp³-hybridized carbons (Fsp3) is 0.364. The molecule has 0 bridgehead atoms. The lowest BCUT2D eigenvalue weighted by Crippen LogP contribution is -2.38. The van der Waals surface area contributed by atoms with E-state index in [1.165, 1.54) is 26.3 Å². The maximum atomic E-state index is 13.2. The van der Waals surface area contributed by atoms with Crippen molar-refractivity contribution >= 4 is 31.7 Å². The van der Waals surface area contributed by atoms with Crippen molar-refractivity contribution in [3.05, 3.63) is 59.7 Å². The van der Waals surface area contributed by atoms with Gasteiger partial charge in [0.2, 0.25) is 10.0 Å². The summed E-state index contributed by atoms with van der Waals surface area (Å²) in [7, 11) is -4.46. The van der Waals surface area contributed by atoms with E-state index < -0.39 is 44.4 Å². The molecule has 0 aliphatic carbocycles. The highest BCUT2D eigenvalue weighted by molar-refractivity contribution is 7.91. The van der Waals surface area contributed by atoms with Crippen molar-refractivity contribution in [2.45, 2.75) is 23.9 Å². The first-order valence-corrected chi connectivity index (χ1v) is 13.6. The Morgan fingerprint density at radius 3 is 2.47 bits per heavy atom. The number of nitrogens with zero attached hydrogens (tertiary/aromatic N) is 1. The molecule has 0 spiro atoms. The van der Waals surface area contributed by atoms with E-state index >= 15 is 0 Å². The maximum Gasteiger partial charge on any atom is 0.338 e. The predicted octanol–water partition coefficient (Wildman–Crippen LogP) is 0.976. The number of amides is 1. The zero-order valence-electron chi connectivity index (χ0n) is 18.8. The number of sulfonamides is 1. The molecule has 0 aromatic heterocycles. The van der Waals surface area contributed by atoms with E-state index in [1.807, 2.05) is 6.07 Å². The maximum absolute atomic E-state index is 13.2. The molecular formula is C22H26N2O8S2. The van der Waals surface area contributed by atoms with Crippen LogP contribution in [0.4, 0.5) is 0 Å². The number of nitrogens with one attached hydrogen (secondary N) is 1. The Hall–Kier alpha value is -2.96. The van der Waals surface area contributed by atoms with Gasteiger partial charge in [-0.05, 0) is 30.2 Å². The summed E-state index contributed by atoms with van der Waals surface area (Å²) in [6, 6.07) is 12.3. The van der Waals surface area contributed by atoms with Crippen LogP contribution in [0.15, 0.2) is 53.4 Å². The number of hydrogen-bond acceptors (Lipinski definition) is 8. The summed E-state index contributed by atoms with van der Waals surface area (Å²) in [4.78, 5) is 24.3. The molecule has 0 unspecified atom stereocenters. The lowest BCUT2D eigenvalue weighted by Gasteiger charge is -2.19. The lowest BCUT2D eigenvalue weighted by atomic mass is 10.2. The Bertz CT molecular complexity index is 1260. The zero-order chi connectivity index (χ0) is 24.9. The summed E-state index contributed by atoms with van der Waals surface area (Å²) < 4.78 is 60.7. The third-order valence-corrected chi connectivity index (χ3v) is 8.86. The van der Waals surface area contributed by atoms with E-state index in [9.17, 15) is 26.4 Å². The smallest absolute Gasteiger partial charge is 0.338 e. The fourth-order valence-electron chi connectivity index (χ4n) is 3.49. The topological polar surface area (TPSA) is 136 Å². The number of methoxy groups -OCH3 is 1. The fourth-order valence-corrected chi connectivity index (χ4v) is 6.50. The molecule has 1 atom stereocenters. The molecule has 184 valence electrons. The molecule has 34 heavy (non-hydrogen) atoms. The standard InChI is InChI=1S/C22H26N2O8S2/c1-24(13-16-6-4-3-5-7-16)34(29,30)20-12-17(8-9-19(20)31-2)22(26)32-14-21(25)23-18-10-11-33(27,28)15-18/h3-9,12,18H,10-11,13-15H2,1-2H3,(H,23,25)/t18-/m0/s1. The van der Waals surface area contributed by atoms with E-state index in [0.717, 1.165) is 15.9 Å². The zero-order valence-corrected chi connectivity index (χ0v) is 20.4. The van der Waals surface area contributed by atoms with Crippen LogP contribution in [0.25, 0.3) is 0 Å². The summed E-state index contributed by atoms with van der Waals surface area (Å²) in [5.41, 5.74) is 0.702. The molecule has 10 nitrogen and oxygen atoms in total. The monoisotopic (exact) mass is 510 g/mol. The Labute approximate surface area is 198 Å². The molecule has 1 aliphatic heterocycles. The first-order chi connectivity index (χ1) is 16.0. The summed E-state index contributed by atoms with van der Waals surface area (Å²) in [6.45, 7) is -0.518. The quantitative estimate of drug-likeness (QED) is 0.493. The van der Waals surface area contributed by atoms with E-state index in [2.05, 4.69) is 5.32 Å². The van der Waals surface area contributed by atoms with Crippen molar-refractivity contribution in [3.63, 3.8) is 0 Å². The number of sulfone groups is 1. The summed E-state index contributed by atoms with van der Waals surface area (Å²) >= 11 is 0. The minimum Gasteiger partial charge on any atom is -0.495 e. The first kappa shape index (κ1) is 25.7. The molecule has 1 heterocycles. The van der Waals surface area contributed by atoms with Crippen LogP contribution >= 0.6 is 0 Å². The van der Waals surface area contributed by atoms with Gasteiger partial charge >= 0.3 is 5.97 Å². The molecule has 0 radical (unpaired) electrons. The molecule has 2 aromatic carbocycles. The highest BCUT2D eigenvalue weighted by Crippen LogP contribution is 2.28. The minimum absolute atomic E-state index is 0.000444. The normalized spacial score (nSPS) is 17.3. The average molecular weight is 511 g/mol. The van der Waals surface area contributed by atoms with Crippen molar-refractivity contribution in [1.82, 2.24) is 9.62 Å². The average Bonchev–Trinajstić information content (AvgIpc) is 3.15. The minimum atomic E-state index is -4.03. The van der Waals surface area contributed by atoms with Crippen LogP contribution in [-0.4, -0.2) is 71.3 Å². The second-order valence-electron chi connectivity index (χ2n) is 7.86. The van der Waals surface area contributed by atoms with Crippen molar-refractivity contribution in [2.75, 3.05) is 32.3 Å². The van der Waals surface area contributed by atoms with E-state index in [1.54, 1.807) is 24.3 Å². The summed E-state index contributed by atoms with van der Waals surface area (Å²) in [6.07, 6.45) is 0.304. The van der Waals surface area contributed by atoms with Gasteiger partial charge in [-0.1, -0.05) is 30.3 Å². The van der Waals surface area contributed by atoms with Gasteiger partial charge in [0.05, 0.1) is 24.2 Å². The first-order valence-electron chi connectivity index (χ1n) is 10.4. The van der Waals surface area contributed by atoms with E-state index in [0.29, 0.717) is 6.42 Å². The molecular weight excluding hydrogens is 484 g/mol. The summed E-state index contributed by atoms with van der Waals surface area (Å²) in [5, 5.41) is 2.52. The third-order valence-electron chi connectivity index (χ3n) is 5.27. The highest BCUT2D eigenvalue weighted by atomic mass is 32.2. The lowest BCUT2D eigenvalue weighted by molar-refractivity contribution is -0.124. The Morgan fingerprint density at radius 1 is 1.15 bits per heavy atom. The SMILES string of the molecule is COc1ccc(C(=O)OCC(=O)N[C@H]2CCS(=O)(=O)C2)cc1S(=O)(=O)N(C)Cc1ccccc1. The van der Waals surface area contributed by atoms with Gasteiger partial charge in [-0.3, -0.25) is 4.79 Å². The molecule has 1 saturated heterocycles. The van der Waals surface area contributed by atoms with Crippen LogP contribution in [0.5, 0.6) is 5.75 Å². The number of carbonyl (C=O) groups is 2. The van der Waals surface area contributed by atoms with Crippen LogP contribution < -0.4 is 10.1 Å². The number of carbonyl (C=O) groups excluding carboxylic acids is 2. The molecule has 0 saturated carbocycles. The predicted molar refractivity (Wildman–Crippen MR) is 124 cm³/mol. The van der Waals surface area contributed by atoms with Gasteiger partial charge in [0, 0.05) is 19.6 Å². The third kappa shape index (κ3) is 6.33.